The Hall–Kier alpha value is 0.440. The van der Waals surface area contributed by atoms with Crippen molar-refractivity contribution in [1.82, 2.24) is 0 Å². The third-order valence-corrected chi connectivity index (χ3v) is 13.4. The van der Waals surface area contributed by atoms with Crippen molar-refractivity contribution in [3.63, 3.8) is 0 Å². The lowest BCUT2D eigenvalue weighted by Gasteiger charge is -2.43. The van der Waals surface area contributed by atoms with E-state index >= 15 is 0 Å². The van der Waals surface area contributed by atoms with E-state index in [-0.39, 0.29) is 0 Å². The first-order chi connectivity index (χ1) is 16.7. The minimum Gasteiger partial charge on any atom is -0.0939 e. The molecule has 0 aliphatic heterocycles. The fourth-order valence-corrected chi connectivity index (χ4v) is 10.4. The summed E-state index contributed by atoms with van der Waals surface area (Å²) < 4.78 is 0. The van der Waals surface area contributed by atoms with Crippen LogP contribution in [0, 0.1) is 40.4 Å². The van der Waals surface area contributed by atoms with Crippen molar-refractivity contribution in [1.29, 1.82) is 0 Å². The lowest BCUT2D eigenvalue weighted by Crippen LogP contribution is -2.35. The molecule has 7 unspecified atom stereocenters. The number of fused-ring (bicyclic) bond motifs is 1. The Labute approximate surface area is 229 Å². The standard InChI is InChI=1S/C33H62S2/c1-9-14-30(35-34-25-10-2)21-23-32(7)22-12-11-17-29-18-19-31(27(5)16-13-15-26(3)4)33(29,8)24-20-28(32)6/h12,22,26-31H,9-11,13-21,23-25H2,1-8H3/b22-12-. The van der Waals surface area contributed by atoms with Gasteiger partial charge in [0.25, 0.3) is 0 Å². The highest BCUT2D eigenvalue weighted by Gasteiger charge is 2.48. The second-order valence-corrected chi connectivity index (χ2v) is 16.3. The van der Waals surface area contributed by atoms with E-state index in [2.05, 4.69) is 89.1 Å². The van der Waals surface area contributed by atoms with Gasteiger partial charge < -0.3 is 0 Å². The van der Waals surface area contributed by atoms with Crippen LogP contribution in [-0.4, -0.2) is 11.0 Å². The molecule has 1 fully saturated rings. The minimum atomic E-state index is 0.363. The Morgan fingerprint density at radius 3 is 2.37 bits per heavy atom. The summed E-state index contributed by atoms with van der Waals surface area (Å²) in [7, 11) is 4.31. The third kappa shape index (κ3) is 9.60. The van der Waals surface area contributed by atoms with Gasteiger partial charge in [-0.3, -0.25) is 0 Å². The second kappa shape index (κ2) is 15.8. The van der Waals surface area contributed by atoms with Crippen LogP contribution in [0.2, 0.25) is 0 Å². The molecule has 0 amide bonds. The molecule has 0 spiro atoms. The van der Waals surface area contributed by atoms with Crippen molar-refractivity contribution in [3.8, 4) is 0 Å². The van der Waals surface area contributed by atoms with Crippen molar-refractivity contribution in [2.45, 2.75) is 151 Å². The zero-order valence-electron chi connectivity index (χ0n) is 25.0. The highest BCUT2D eigenvalue weighted by atomic mass is 33.1. The van der Waals surface area contributed by atoms with Crippen molar-refractivity contribution in [2.24, 2.45) is 40.4 Å². The minimum absolute atomic E-state index is 0.363. The summed E-state index contributed by atoms with van der Waals surface area (Å²) >= 11 is 0. The molecule has 2 aliphatic carbocycles. The summed E-state index contributed by atoms with van der Waals surface area (Å²) in [5.41, 5.74) is 0.928. The normalized spacial score (nSPS) is 34.5. The number of hydrogen-bond donors (Lipinski definition) is 0. The zero-order valence-corrected chi connectivity index (χ0v) is 26.7. The lowest BCUT2D eigenvalue weighted by molar-refractivity contribution is 0.0732. The van der Waals surface area contributed by atoms with Gasteiger partial charge in [-0.25, -0.2) is 0 Å². The van der Waals surface area contributed by atoms with Crippen molar-refractivity contribution < 1.29 is 0 Å². The van der Waals surface area contributed by atoms with Crippen LogP contribution in [0.4, 0.5) is 0 Å². The van der Waals surface area contributed by atoms with Gasteiger partial charge in [-0.15, -0.1) is 0 Å². The molecule has 0 aromatic rings. The molecule has 0 aromatic carbocycles. The van der Waals surface area contributed by atoms with Gasteiger partial charge in [0.15, 0.2) is 0 Å². The van der Waals surface area contributed by atoms with E-state index in [1.165, 1.54) is 95.6 Å². The first-order valence-corrected chi connectivity index (χ1v) is 18.0. The molecule has 1 saturated carbocycles. The lowest BCUT2D eigenvalue weighted by atomic mass is 9.62. The molecule has 7 atom stereocenters. The summed E-state index contributed by atoms with van der Waals surface area (Å²) in [5, 5.41) is 0.831. The van der Waals surface area contributed by atoms with Gasteiger partial charge in [0, 0.05) is 11.0 Å². The first-order valence-electron chi connectivity index (χ1n) is 15.6. The summed E-state index contributed by atoms with van der Waals surface area (Å²) in [6.45, 7) is 20.0. The van der Waals surface area contributed by atoms with Crippen LogP contribution in [0.3, 0.4) is 0 Å². The predicted molar refractivity (Wildman–Crippen MR) is 165 cm³/mol. The highest BCUT2D eigenvalue weighted by Crippen LogP contribution is 2.57. The fourth-order valence-electron chi connectivity index (χ4n) is 7.45. The first kappa shape index (κ1) is 31.7. The molecule has 0 heterocycles. The molecule has 0 nitrogen and oxygen atoms in total. The molecule has 0 N–H and O–H groups in total. The smallest absolute Gasteiger partial charge is 0.0151 e. The van der Waals surface area contributed by atoms with Crippen LogP contribution >= 0.6 is 21.6 Å². The molecule has 35 heavy (non-hydrogen) atoms. The molecule has 2 aliphatic rings. The molecular weight excluding hydrogens is 460 g/mol. The van der Waals surface area contributed by atoms with Crippen LogP contribution in [-0.2, 0) is 0 Å². The van der Waals surface area contributed by atoms with Crippen LogP contribution in [0.5, 0.6) is 0 Å². The molecule has 2 rings (SSSR count). The average molecular weight is 523 g/mol. The van der Waals surface area contributed by atoms with E-state index in [1.54, 1.807) is 0 Å². The Morgan fingerprint density at radius 1 is 0.914 bits per heavy atom. The van der Waals surface area contributed by atoms with Crippen LogP contribution in [0.15, 0.2) is 12.2 Å². The summed E-state index contributed by atoms with van der Waals surface area (Å²) in [4.78, 5) is 0. The van der Waals surface area contributed by atoms with Crippen LogP contribution < -0.4 is 0 Å². The largest absolute Gasteiger partial charge is 0.0939 e. The topological polar surface area (TPSA) is 0 Å². The van der Waals surface area contributed by atoms with E-state index in [4.69, 9.17) is 0 Å². The summed E-state index contributed by atoms with van der Waals surface area (Å²) in [5.74, 6) is 5.73. The number of rotatable bonds is 14. The molecule has 206 valence electrons. The van der Waals surface area contributed by atoms with Gasteiger partial charge in [0.2, 0.25) is 0 Å². The van der Waals surface area contributed by atoms with Crippen LogP contribution in [0.25, 0.3) is 0 Å². The number of hydrogen-bond acceptors (Lipinski definition) is 2. The summed E-state index contributed by atoms with van der Waals surface area (Å²) in [6, 6.07) is 0. The zero-order chi connectivity index (χ0) is 25.9. The van der Waals surface area contributed by atoms with Crippen LogP contribution in [0.1, 0.15) is 145 Å². The molecule has 0 aromatic heterocycles. The monoisotopic (exact) mass is 522 g/mol. The van der Waals surface area contributed by atoms with Crippen molar-refractivity contribution in [3.05, 3.63) is 12.2 Å². The van der Waals surface area contributed by atoms with E-state index in [9.17, 15) is 0 Å². The Bertz CT molecular complexity index is 598. The maximum absolute atomic E-state index is 2.72. The molecule has 2 heteroatoms. The van der Waals surface area contributed by atoms with Gasteiger partial charge >= 0.3 is 0 Å². The molecule has 0 saturated heterocycles. The predicted octanol–water partition coefficient (Wildman–Crippen LogP) is 12.0. The molecule has 0 bridgehead atoms. The Kier molecular flexibility index (Phi) is 14.3. The average Bonchev–Trinajstić information content (AvgIpc) is 3.14. The van der Waals surface area contributed by atoms with E-state index in [1.807, 2.05) is 0 Å². The third-order valence-electron chi connectivity index (χ3n) is 10.3. The van der Waals surface area contributed by atoms with Gasteiger partial charge in [-0.05, 0) is 105 Å². The van der Waals surface area contributed by atoms with E-state index < -0.39 is 0 Å². The van der Waals surface area contributed by atoms with Crippen molar-refractivity contribution in [2.75, 3.05) is 5.75 Å². The quantitative estimate of drug-likeness (QED) is 0.126. The van der Waals surface area contributed by atoms with Gasteiger partial charge in [0.1, 0.15) is 0 Å². The van der Waals surface area contributed by atoms with E-state index in [0.29, 0.717) is 10.8 Å². The maximum atomic E-state index is 2.72. The molecule has 0 radical (unpaired) electrons. The maximum Gasteiger partial charge on any atom is 0.0151 e. The molecular formula is C33H62S2. The summed E-state index contributed by atoms with van der Waals surface area (Å²) in [6.07, 6.45) is 24.9. The van der Waals surface area contributed by atoms with Gasteiger partial charge in [-0.1, -0.05) is 115 Å². The Morgan fingerprint density at radius 2 is 1.69 bits per heavy atom. The SMILES string of the molecule is CCCSSC(CCC)CCC1(C)/C=C\CCC2CCC(C(C)CCCC(C)C)C2(C)CCC1C. The van der Waals surface area contributed by atoms with E-state index in [0.717, 1.165) is 34.8 Å². The number of allylic oxidation sites excluding steroid dienone is 2. The second-order valence-electron chi connectivity index (χ2n) is 13.5. The van der Waals surface area contributed by atoms with Gasteiger partial charge in [-0.2, -0.15) is 0 Å². The van der Waals surface area contributed by atoms with Gasteiger partial charge in [0.05, 0.1) is 0 Å². The Balaban J connectivity index is 2.05. The fraction of sp³-hybridized carbons (Fsp3) is 0.939. The highest BCUT2D eigenvalue weighted by molar-refractivity contribution is 8.76. The van der Waals surface area contributed by atoms with Crippen molar-refractivity contribution >= 4 is 21.6 Å².